The van der Waals surface area contributed by atoms with E-state index >= 15 is 0 Å². The first-order valence-corrected chi connectivity index (χ1v) is 11.7. The lowest BCUT2D eigenvalue weighted by Crippen LogP contribution is -2.51. The van der Waals surface area contributed by atoms with Gasteiger partial charge in [0.2, 0.25) is 0 Å². The third-order valence-electron chi connectivity index (χ3n) is 5.49. The summed E-state index contributed by atoms with van der Waals surface area (Å²) >= 11 is 6.34. The number of halogens is 1. The minimum absolute atomic E-state index is 0.0917. The summed E-state index contributed by atoms with van der Waals surface area (Å²) in [4.78, 5) is 16.7. The molecule has 2 N–H and O–H groups in total. The lowest BCUT2D eigenvalue weighted by atomic mass is 9.90. The molecule has 1 fully saturated rings. The molecule has 1 unspecified atom stereocenters. The average molecular weight is 476 g/mol. The highest BCUT2D eigenvalue weighted by molar-refractivity contribution is 6.30. The predicted octanol–water partition coefficient (Wildman–Crippen LogP) is 5.40. The molecule has 1 heterocycles. The van der Waals surface area contributed by atoms with E-state index in [1.54, 1.807) is 12.0 Å². The van der Waals surface area contributed by atoms with Crippen LogP contribution in [0.4, 0.5) is 4.79 Å². The zero-order valence-electron chi connectivity index (χ0n) is 20.6. The Balaban J connectivity index is 2.32. The molecule has 1 aliphatic rings. The molecule has 0 aliphatic carbocycles. The van der Waals surface area contributed by atoms with Crippen molar-refractivity contribution in [2.24, 2.45) is 5.73 Å². The molecule has 0 aromatic heterocycles. The van der Waals surface area contributed by atoms with Crippen LogP contribution in [0, 0.1) is 0 Å². The number of hydrogen-bond acceptors (Lipinski definition) is 5. The molecule has 2 rings (SSSR count). The van der Waals surface area contributed by atoms with E-state index in [2.05, 4.69) is 24.5 Å². The van der Waals surface area contributed by atoms with Crippen LogP contribution in [0.1, 0.15) is 51.3 Å². The normalized spacial score (nSPS) is 16.8. The van der Waals surface area contributed by atoms with Gasteiger partial charge in [-0.2, -0.15) is 0 Å². The van der Waals surface area contributed by atoms with Crippen molar-refractivity contribution in [2.45, 2.75) is 45.8 Å². The van der Waals surface area contributed by atoms with Gasteiger partial charge in [0.15, 0.2) is 0 Å². The van der Waals surface area contributed by atoms with Crippen LogP contribution in [0.25, 0.3) is 5.57 Å². The summed E-state index contributed by atoms with van der Waals surface area (Å²) in [5, 5.41) is 0.665. The number of piperazine rings is 1. The zero-order chi connectivity index (χ0) is 24.6. The first-order chi connectivity index (χ1) is 15.6. The summed E-state index contributed by atoms with van der Waals surface area (Å²) in [6, 6.07) is 6.05. The van der Waals surface area contributed by atoms with E-state index in [-0.39, 0.29) is 12.1 Å². The highest BCUT2D eigenvalue weighted by Gasteiger charge is 2.30. The van der Waals surface area contributed by atoms with E-state index in [0.717, 1.165) is 36.2 Å². The Labute approximate surface area is 203 Å². The lowest BCUT2D eigenvalue weighted by Gasteiger charge is -2.40. The first kappa shape index (κ1) is 27.0. The summed E-state index contributed by atoms with van der Waals surface area (Å²) in [5.74, 6) is 0. The molecule has 1 amide bonds. The number of nitrogens with two attached hydrogens (primary N) is 1. The molecule has 182 valence electrons. The molecule has 0 spiro atoms. The van der Waals surface area contributed by atoms with Crippen molar-refractivity contribution < 1.29 is 14.3 Å². The summed E-state index contributed by atoms with van der Waals surface area (Å²) in [6.07, 6.45) is 5.96. The Morgan fingerprint density at radius 1 is 1.27 bits per heavy atom. The number of hydrogen-bond donors (Lipinski definition) is 1. The van der Waals surface area contributed by atoms with Crippen LogP contribution in [0.2, 0.25) is 5.02 Å². The SMILES string of the molecule is C=C(COC)c1cc(Cl)ccc1C(C/C(C)=C\C=C/N)N1CCN(C(=O)OC(C)(C)C)CC1. The van der Waals surface area contributed by atoms with Gasteiger partial charge in [0, 0.05) is 44.4 Å². The molecule has 6 nitrogen and oxygen atoms in total. The first-order valence-electron chi connectivity index (χ1n) is 11.3. The van der Waals surface area contributed by atoms with Crippen molar-refractivity contribution in [3.8, 4) is 0 Å². The fourth-order valence-electron chi connectivity index (χ4n) is 3.95. The van der Waals surface area contributed by atoms with Gasteiger partial charge in [-0.1, -0.05) is 35.9 Å². The summed E-state index contributed by atoms with van der Waals surface area (Å²) in [7, 11) is 1.66. The van der Waals surface area contributed by atoms with Crippen molar-refractivity contribution in [2.75, 3.05) is 39.9 Å². The average Bonchev–Trinajstić information content (AvgIpc) is 2.75. The van der Waals surface area contributed by atoms with E-state index in [9.17, 15) is 4.79 Å². The Morgan fingerprint density at radius 2 is 1.94 bits per heavy atom. The third-order valence-corrected chi connectivity index (χ3v) is 5.72. The molecule has 1 aromatic carbocycles. The molecule has 0 saturated carbocycles. The fraction of sp³-hybridized carbons (Fsp3) is 0.500. The molecule has 0 radical (unpaired) electrons. The van der Waals surface area contributed by atoms with Gasteiger partial charge in [0.05, 0.1) is 6.61 Å². The van der Waals surface area contributed by atoms with Crippen molar-refractivity contribution in [1.29, 1.82) is 0 Å². The Bertz CT molecular complexity index is 881. The van der Waals surface area contributed by atoms with Crippen molar-refractivity contribution in [3.63, 3.8) is 0 Å². The molecule has 1 aliphatic heterocycles. The molecular formula is C26H38ClN3O3. The van der Waals surface area contributed by atoms with Gasteiger partial charge in [-0.3, -0.25) is 4.90 Å². The summed E-state index contributed by atoms with van der Waals surface area (Å²) in [6.45, 7) is 15.1. The maximum atomic E-state index is 12.5. The second-order valence-corrected chi connectivity index (χ2v) is 9.83. The monoisotopic (exact) mass is 475 g/mol. The van der Waals surface area contributed by atoms with Crippen LogP contribution in [0.5, 0.6) is 0 Å². The highest BCUT2D eigenvalue weighted by Crippen LogP contribution is 2.35. The largest absolute Gasteiger partial charge is 0.444 e. The number of nitrogens with zero attached hydrogens (tertiary/aromatic N) is 2. The van der Waals surface area contributed by atoms with Crippen molar-refractivity contribution >= 4 is 23.3 Å². The Morgan fingerprint density at radius 3 is 2.52 bits per heavy atom. The van der Waals surface area contributed by atoms with Crippen molar-refractivity contribution in [1.82, 2.24) is 9.80 Å². The molecule has 0 bridgehead atoms. The number of carbonyl (C=O) groups is 1. The molecule has 1 aromatic rings. The number of carbonyl (C=O) groups excluding carboxylic acids is 1. The highest BCUT2D eigenvalue weighted by atomic mass is 35.5. The van der Waals surface area contributed by atoms with Gasteiger partial charge in [0.25, 0.3) is 0 Å². The van der Waals surface area contributed by atoms with Gasteiger partial charge in [-0.05, 0) is 75.2 Å². The predicted molar refractivity (Wildman–Crippen MR) is 136 cm³/mol. The Hall–Kier alpha value is -2.28. The lowest BCUT2D eigenvalue weighted by molar-refractivity contribution is 0.0101. The van der Waals surface area contributed by atoms with Crippen LogP contribution < -0.4 is 5.73 Å². The number of ether oxygens (including phenoxy) is 2. The molecule has 7 heteroatoms. The number of amides is 1. The van der Waals surface area contributed by atoms with Crippen LogP contribution in [0.15, 0.2) is 48.7 Å². The van der Waals surface area contributed by atoms with Crippen LogP contribution >= 0.6 is 11.6 Å². The number of rotatable bonds is 8. The third kappa shape index (κ3) is 8.22. The zero-order valence-corrected chi connectivity index (χ0v) is 21.3. The van der Waals surface area contributed by atoms with Gasteiger partial charge < -0.3 is 20.1 Å². The standard InChI is InChI=1S/C26H38ClN3O3/c1-19(8-7-11-28)16-24(22-10-9-21(27)17-23(22)20(2)18-32-6)29-12-14-30(15-13-29)25(31)33-26(3,4)5/h7-11,17,24H,2,12-16,18,28H2,1,3-6H3/b11-7-,19-8-. The van der Waals surface area contributed by atoms with E-state index in [0.29, 0.717) is 24.7 Å². The number of benzene rings is 1. The fourth-order valence-corrected chi connectivity index (χ4v) is 4.12. The van der Waals surface area contributed by atoms with E-state index in [1.807, 2.05) is 45.1 Å². The topological polar surface area (TPSA) is 68.0 Å². The van der Waals surface area contributed by atoms with Crippen LogP contribution in [0.3, 0.4) is 0 Å². The van der Waals surface area contributed by atoms with E-state index in [1.165, 1.54) is 11.8 Å². The maximum Gasteiger partial charge on any atom is 0.410 e. The smallest absolute Gasteiger partial charge is 0.410 e. The maximum absolute atomic E-state index is 12.5. The molecule has 33 heavy (non-hydrogen) atoms. The summed E-state index contributed by atoms with van der Waals surface area (Å²) < 4.78 is 10.9. The minimum Gasteiger partial charge on any atom is -0.444 e. The number of allylic oxidation sites excluding steroid dienone is 2. The minimum atomic E-state index is -0.505. The van der Waals surface area contributed by atoms with Crippen molar-refractivity contribution in [3.05, 3.63) is 64.9 Å². The van der Waals surface area contributed by atoms with Gasteiger partial charge in [-0.25, -0.2) is 4.79 Å². The van der Waals surface area contributed by atoms with E-state index < -0.39 is 5.60 Å². The van der Waals surface area contributed by atoms with Crippen LogP contribution in [-0.4, -0.2) is 61.4 Å². The Kier molecular flexibility index (Phi) is 10.0. The summed E-state index contributed by atoms with van der Waals surface area (Å²) in [5.41, 5.74) is 9.28. The molecular weight excluding hydrogens is 438 g/mol. The quantitative estimate of drug-likeness (QED) is 0.509. The second kappa shape index (κ2) is 12.3. The number of methoxy groups -OCH3 is 1. The van der Waals surface area contributed by atoms with E-state index in [4.69, 9.17) is 26.8 Å². The van der Waals surface area contributed by atoms with Gasteiger partial charge >= 0.3 is 6.09 Å². The molecule has 1 saturated heterocycles. The van der Waals surface area contributed by atoms with Crippen LogP contribution in [-0.2, 0) is 9.47 Å². The van der Waals surface area contributed by atoms with Gasteiger partial charge in [0.1, 0.15) is 5.60 Å². The second-order valence-electron chi connectivity index (χ2n) is 9.39. The molecule has 1 atom stereocenters. The van der Waals surface area contributed by atoms with Gasteiger partial charge in [-0.15, -0.1) is 0 Å².